The van der Waals surface area contributed by atoms with Gasteiger partial charge in [-0.25, -0.2) is 4.79 Å². The van der Waals surface area contributed by atoms with E-state index in [0.29, 0.717) is 5.92 Å². The van der Waals surface area contributed by atoms with Crippen molar-refractivity contribution in [2.45, 2.75) is 63.6 Å². The van der Waals surface area contributed by atoms with Crippen LogP contribution in [0.2, 0.25) is 0 Å². The van der Waals surface area contributed by atoms with E-state index in [2.05, 4.69) is 6.92 Å². The Balaban J connectivity index is 2.13. The average molecular weight is 226 g/mol. The summed E-state index contributed by atoms with van der Waals surface area (Å²) in [5.41, 5.74) is -0.802. The molecule has 2 fully saturated rings. The zero-order valence-corrected chi connectivity index (χ0v) is 10.5. The molecule has 92 valence electrons. The molecular formula is C13H22O3. The summed E-state index contributed by atoms with van der Waals surface area (Å²) in [5.74, 6) is 0.540. The van der Waals surface area contributed by atoms with Crippen molar-refractivity contribution in [2.24, 2.45) is 5.92 Å². The average Bonchev–Trinajstić information content (AvgIpc) is 2.96. The molecule has 1 heterocycles. The van der Waals surface area contributed by atoms with Crippen LogP contribution in [0.25, 0.3) is 0 Å². The van der Waals surface area contributed by atoms with Gasteiger partial charge in [0.05, 0.1) is 7.11 Å². The van der Waals surface area contributed by atoms with Crippen molar-refractivity contribution in [1.82, 2.24) is 0 Å². The Kier molecular flexibility index (Phi) is 2.99. The second-order valence-electron chi connectivity index (χ2n) is 5.14. The molecule has 1 aliphatic heterocycles. The van der Waals surface area contributed by atoms with E-state index < -0.39 is 5.60 Å². The highest BCUT2D eigenvalue weighted by atomic mass is 16.7. The van der Waals surface area contributed by atoms with Crippen molar-refractivity contribution < 1.29 is 14.3 Å². The van der Waals surface area contributed by atoms with Crippen molar-refractivity contribution in [3.63, 3.8) is 0 Å². The van der Waals surface area contributed by atoms with E-state index in [-0.39, 0.29) is 11.6 Å². The highest BCUT2D eigenvalue weighted by molar-refractivity contribution is 5.84. The lowest BCUT2D eigenvalue weighted by Crippen LogP contribution is -2.38. The summed E-state index contributed by atoms with van der Waals surface area (Å²) in [7, 11) is 1.45. The molecule has 0 aromatic rings. The van der Waals surface area contributed by atoms with Gasteiger partial charge in [0.1, 0.15) is 5.60 Å². The van der Waals surface area contributed by atoms with Gasteiger partial charge < -0.3 is 9.47 Å². The molecule has 1 spiro atoms. The fourth-order valence-electron chi connectivity index (χ4n) is 3.39. The van der Waals surface area contributed by atoms with Gasteiger partial charge in [-0.15, -0.1) is 0 Å². The first-order chi connectivity index (χ1) is 7.64. The molecule has 1 saturated carbocycles. The van der Waals surface area contributed by atoms with Gasteiger partial charge in [-0.3, -0.25) is 0 Å². The molecule has 16 heavy (non-hydrogen) atoms. The molecule has 0 aromatic carbocycles. The van der Waals surface area contributed by atoms with Crippen molar-refractivity contribution >= 4 is 5.97 Å². The maximum atomic E-state index is 11.8. The predicted octanol–water partition coefficient (Wildman–Crippen LogP) is 2.68. The molecule has 1 aliphatic carbocycles. The molecule has 3 nitrogen and oxygen atoms in total. The van der Waals surface area contributed by atoms with Crippen LogP contribution in [0.5, 0.6) is 0 Å². The maximum absolute atomic E-state index is 11.8. The molecule has 2 rings (SSSR count). The van der Waals surface area contributed by atoms with Gasteiger partial charge in [0.25, 0.3) is 0 Å². The third kappa shape index (κ3) is 1.48. The van der Waals surface area contributed by atoms with Gasteiger partial charge in [-0.2, -0.15) is 0 Å². The third-order valence-electron chi connectivity index (χ3n) is 4.47. The van der Waals surface area contributed by atoms with Gasteiger partial charge in [0, 0.05) is 0 Å². The zero-order chi connectivity index (χ0) is 11.8. The molecule has 3 atom stereocenters. The summed E-state index contributed by atoms with van der Waals surface area (Å²) in [6.45, 7) is 4.24. The number of carbonyl (C=O) groups excluding carboxylic acids is 1. The minimum Gasteiger partial charge on any atom is -0.467 e. The first kappa shape index (κ1) is 11.9. The fourth-order valence-corrected chi connectivity index (χ4v) is 3.39. The molecule has 3 unspecified atom stereocenters. The summed E-state index contributed by atoms with van der Waals surface area (Å²) in [6, 6.07) is 0. The Bertz CT molecular complexity index is 289. The molecule has 3 heteroatoms. The van der Waals surface area contributed by atoms with Gasteiger partial charge in [-0.1, -0.05) is 33.1 Å². The first-order valence-electron chi connectivity index (χ1n) is 6.42. The van der Waals surface area contributed by atoms with E-state index in [1.165, 1.54) is 26.4 Å². The van der Waals surface area contributed by atoms with Crippen LogP contribution in [0.4, 0.5) is 0 Å². The number of hydrogen-bond donors (Lipinski definition) is 0. The summed E-state index contributed by atoms with van der Waals surface area (Å²) in [4.78, 5) is 11.8. The molecule has 0 N–H and O–H groups in total. The van der Waals surface area contributed by atoms with E-state index in [4.69, 9.17) is 9.47 Å². The maximum Gasteiger partial charge on any atom is 0.341 e. The van der Waals surface area contributed by atoms with Crippen LogP contribution < -0.4 is 0 Å². The lowest BCUT2D eigenvalue weighted by atomic mass is 9.73. The molecule has 1 saturated heterocycles. The summed E-state index contributed by atoms with van der Waals surface area (Å²) >= 11 is 0. The van der Waals surface area contributed by atoms with E-state index >= 15 is 0 Å². The van der Waals surface area contributed by atoms with Gasteiger partial charge in [0.15, 0.2) is 5.60 Å². The van der Waals surface area contributed by atoms with Crippen molar-refractivity contribution in [3.05, 3.63) is 0 Å². The largest absolute Gasteiger partial charge is 0.467 e. The van der Waals surface area contributed by atoms with Crippen LogP contribution in [0.1, 0.15) is 52.4 Å². The SMILES string of the molecule is CCC1CCCC2(C1)OC2(CC)C(=O)OC. The summed E-state index contributed by atoms with van der Waals surface area (Å²) < 4.78 is 10.8. The normalized spacial score (nSPS) is 42.1. The Labute approximate surface area is 97.5 Å². The Hall–Kier alpha value is -0.570. The fraction of sp³-hybridized carbons (Fsp3) is 0.923. The number of carbonyl (C=O) groups is 1. The lowest BCUT2D eigenvalue weighted by Gasteiger charge is -2.28. The molecule has 0 radical (unpaired) electrons. The number of methoxy groups -OCH3 is 1. The van der Waals surface area contributed by atoms with Crippen LogP contribution >= 0.6 is 0 Å². The Morgan fingerprint density at radius 3 is 2.81 bits per heavy atom. The Morgan fingerprint density at radius 1 is 1.50 bits per heavy atom. The van der Waals surface area contributed by atoms with Crippen LogP contribution in [0.15, 0.2) is 0 Å². The predicted molar refractivity (Wildman–Crippen MR) is 61.1 cm³/mol. The second kappa shape index (κ2) is 4.02. The monoisotopic (exact) mass is 226 g/mol. The van der Waals surface area contributed by atoms with Crippen molar-refractivity contribution in [2.75, 3.05) is 7.11 Å². The van der Waals surface area contributed by atoms with Gasteiger partial charge in [0.2, 0.25) is 0 Å². The minimum atomic E-state index is -0.615. The number of hydrogen-bond acceptors (Lipinski definition) is 3. The molecular weight excluding hydrogens is 204 g/mol. The van der Waals surface area contributed by atoms with Gasteiger partial charge in [-0.05, 0) is 25.2 Å². The quantitative estimate of drug-likeness (QED) is 0.548. The summed E-state index contributed by atoms with van der Waals surface area (Å²) in [5, 5.41) is 0. The number of rotatable bonds is 3. The molecule has 0 bridgehead atoms. The highest BCUT2D eigenvalue weighted by Crippen LogP contribution is 2.60. The molecule has 0 amide bonds. The molecule has 0 aromatic heterocycles. The van der Waals surface area contributed by atoms with Crippen molar-refractivity contribution in [3.8, 4) is 0 Å². The lowest BCUT2D eigenvalue weighted by molar-refractivity contribution is -0.147. The Morgan fingerprint density at radius 2 is 2.25 bits per heavy atom. The zero-order valence-electron chi connectivity index (χ0n) is 10.5. The number of ether oxygens (including phenoxy) is 2. The minimum absolute atomic E-state index is 0.174. The topological polar surface area (TPSA) is 38.8 Å². The van der Waals surface area contributed by atoms with Crippen LogP contribution in [0, 0.1) is 5.92 Å². The van der Waals surface area contributed by atoms with Crippen LogP contribution in [-0.2, 0) is 14.3 Å². The number of esters is 1. The smallest absolute Gasteiger partial charge is 0.341 e. The van der Waals surface area contributed by atoms with E-state index in [1.54, 1.807) is 0 Å². The third-order valence-corrected chi connectivity index (χ3v) is 4.47. The number of epoxide rings is 1. The summed E-state index contributed by atoms with van der Waals surface area (Å²) in [6.07, 6.45) is 6.43. The van der Waals surface area contributed by atoms with Crippen LogP contribution in [0.3, 0.4) is 0 Å². The van der Waals surface area contributed by atoms with Crippen molar-refractivity contribution in [1.29, 1.82) is 0 Å². The van der Waals surface area contributed by atoms with Crippen LogP contribution in [-0.4, -0.2) is 24.3 Å². The highest BCUT2D eigenvalue weighted by Gasteiger charge is 2.74. The van der Waals surface area contributed by atoms with E-state index in [1.807, 2.05) is 6.92 Å². The van der Waals surface area contributed by atoms with Gasteiger partial charge >= 0.3 is 5.97 Å². The van der Waals surface area contributed by atoms with E-state index in [9.17, 15) is 4.79 Å². The second-order valence-corrected chi connectivity index (χ2v) is 5.14. The molecule has 2 aliphatic rings. The standard InChI is InChI=1S/C13H22O3/c1-4-10-7-6-8-12(9-10)13(5-2,16-12)11(14)15-3/h10H,4-9H2,1-3H3. The first-order valence-corrected chi connectivity index (χ1v) is 6.42. The van der Waals surface area contributed by atoms with E-state index in [0.717, 1.165) is 19.3 Å².